The number of hydrazone groups is 1. The van der Waals surface area contributed by atoms with E-state index in [1.807, 2.05) is 48.5 Å². The Morgan fingerprint density at radius 3 is 2.71 bits per heavy atom. The second-order valence-corrected chi connectivity index (χ2v) is 7.43. The van der Waals surface area contributed by atoms with Crippen molar-refractivity contribution in [2.24, 2.45) is 5.10 Å². The van der Waals surface area contributed by atoms with Crippen molar-refractivity contribution in [3.8, 4) is 5.75 Å². The van der Waals surface area contributed by atoms with E-state index in [1.165, 1.54) is 19.3 Å². The molecule has 0 unspecified atom stereocenters. The van der Waals surface area contributed by atoms with E-state index in [4.69, 9.17) is 16.3 Å². The number of benzene rings is 2. The predicted molar refractivity (Wildman–Crippen MR) is 113 cm³/mol. The molecule has 6 heteroatoms. The molecule has 1 aliphatic carbocycles. The minimum atomic E-state index is -0.128. The van der Waals surface area contributed by atoms with Crippen molar-refractivity contribution in [1.29, 1.82) is 0 Å². The number of carbonyl (C=O) groups excluding carboxylic acids is 1. The first-order chi connectivity index (χ1) is 13.7. The van der Waals surface area contributed by atoms with Gasteiger partial charge in [0.05, 0.1) is 12.8 Å². The summed E-state index contributed by atoms with van der Waals surface area (Å²) in [5, 5.41) is 8.05. The van der Waals surface area contributed by atoms with Gasteiger partial charge in [-0.2, -0.15) is 5.10 Å². The Balaban J connectivity index is 1.42. The monoisotopic (exact) mass is 399 g/mol. The van der Waals surface area contributed by atoms with Gasteiger partial charge in [-0.05, 0) is 48.2 Å². The highest BCUT2D eigenvalue weighted by atomic mass is 35.5. The Bertz CT molecular complexity index is 787. The molecule has 28 heavy (non-hydrogen) atoms. The van der Waals surface area contributed by atoms with Gasteiger partial charge in [-0.25, -0.2) is 5.43 Å². The highest BCUT2D eigenvalue weighted by Crippen LogP contribution is 2.17. The minimum absolute atomic E-state index is 0.128. The summed E-state index contributed by atoms with van der Waals surface area (Å²) >= 11 is 5.89. The smallest absolute Gasteiger partial charge is 0.254 e. The fourth-order valence-corrected chi connectivity index (χ4v) is 3.32. The predicted octanol–water partition coefficient (Wildman–Crippen LogP) is 4.29. The van der Waals surface area contributed by atoms with Crippen molar-refractivity contribution in [3.05, 3.63) is 64.7 Å². The van der Waals surface area contributed by atoms with Gasteiger partial charge in [0.25, 0.3) is 5.91 Å². The van der Waals surface area contributed by atoms with Crippen LogP contribution in [0, 0.1) is 0 Å². The zero-order chi connectivity index (χ0) is 19.6. The van der Waals surface area contributed by atoms with E-state index in [0.717, 1.165) is 29.7 Å². The van der Waals surface area contributed by atoms with Crippen LogP contribution in [0.15, 0.2) is 53.6 Å². The lowest BCUT2D eigenvalue weighted by molar-refractivity contribution is -0.120. The van der Waals surface area contributed by atoms with Crippen molar-refractivity contribution in [2.75, 3.05) is 6.54 Å². The number of hydrogen-bond acceptors (Lipinski definition) is 4. The summed E-state index contributed by atoms with van der Waals surface area (Å²) in [6.07, 6.45) is 7.71. The fourth-order valence-electron chi connectivity index (χ4n) is 3.19. The van der Waals surface area contributed by atoms with Gasteiger partial charge in [0.15, 0.2) is 0 Å². The van der Waals surface area contributed by atoms with Gasteiger partial charge in [-0.3, -0.25) is 4.79 Å². The number of nitrogens with one attached hydrogen (secondary N) is 2. The Kier molecular flexibility index (Phi) is 7.88. The Morgan fingerprint density at radius 1 is 1.14 bits per heavy atom. The van der Waals surface area contributed by atoms with E-state index in [2.05, 4.69) is 15.8 Å². The molecule has 0 radical (unpaired) electrons. The lowest BCUT2D eigenvalue weighted by Gasteiger charge is -2.22. The number of hydrogen-bond donors (Lipinski definition) is 2. The minimum Gasteiger partial charge on any atom is -0.489 e. The molecule has 148 valence electrons. The second-order valence-electron chi connectivity index (χ2n) is 7.00. The summed E-state index contributed by atoms with van der Waals surface area (Å²) in [6.45, 7) is 0.758. The molecule has 0 spiro atoms. The first-order valence-corrected chi connectivity index (χ1v) is 10.1. The van der Waals surface area contributed by atoms with Crippen LogP contribution in [0.2, 0.25) is 5.02 Å². The van der Waals surface area contributed by atoms with E-state index in [0.29, 0.717) is 24.2 Å². The van der Waals surface area contributed by atoms with Crippen molar-refractivity contribution in [3.63, 3.8) is 0 Å². The van der Waals surface area contributed by atoms with E-state index in [9.17, 15) is 4.79 Å². The van der Waals surface area contributed by atoms with Gasteiger partial charge in [0.2, 0.25) is 0 Å². The molecule has 0 saturated heterocycles. The molecule has 0 aromatic heterocycles. The van der Waals surface area contributed by atoms with Gasteiger partial charge < -0.3 is 10.1 Å². The molecule has 1 aliphatic rings. The van der Waals surface area contributed by atoms with Crippen LogP contribution >= 0.6 is 11.6 Å². The standard InChI is InChI=1S/C22H26ClN3O2/c23-19-11-9-17(10-12-19)16-28-21-8-4-5-18(13-21)14-25-26-22(27)15-24-20-6-2-1-3-7-20/h4-5,8-14,20,24H,1-3,6-7,15-16H2,(H,26,27)/b25-14-. The van der Waals surface area contributed by atoms with E-state index in [-0.39, 0.29) is 5.91 Å². The zero-order valence-corrected chi connectivity index (χ0v) is 16.6. The summed E-state index contributed by atoms with van der Waals surface area (Å²) in [6, 6.07) is 15.6. The van der Waals surface area contributed by atoms with Crippen molar-refractivity contribution < 1.29 is 9.53 Å². The molecule has 1 fully saturated rings. The number of ether oxygens (including phenoxy) is 1. The van der Waals surface area contributed by atoms with Crippen LogP contribution in [0.4, 0.5) is 0 Å². The van der Waals surface area contributed by atoms with E-state index in [1.54, 1.807) is 6.21 Å². The van der Waals surface area contributed by atoms with Crippen LogP contribution in [0.5, 0.6) is 5.75 Å². The molecule has 2 aromatic rings. The lowest BCUT2D eigenvalue weighted by atomic mass is 9.95. The topological polar surface area (TPSA) is 62.7 Å². The Hall–Kier alpha value is -2.37. The number of rotatable bonds is 8. The summed E-state index contributed by atoms with van der Waals surface area (Å²) in [4.78, 5) is 11.9. The molecular formula is C22H26ClN3O2. The van der Waals surface area contributed by atoms with Crippen LogP contribution in [0.1, 0.15) is 43.2 Å². The zero-order valence-electron chi connectivity index (χ0n) is 15.9. The van der Waals surface area contributed by atoms with Crippen LogP contribution in [0.3, 0.4) is 0 Å². The Morgan fingerprint density at radius 2 is 1.93 bits per heavy atom. The molecule has 2 aromatic carbocycles. The number of nitrogens with zero attached hydrogens (tertiary/aromatic N) is 1. The maximum atomic E-state index is 11.9. The third-order valence-electron chi connectivity index (χ3n) is 4.74. The molecular weight excluding hydrogens is 374 g/mol. The maximum absolute atomic E-state index is 11.9. The molecule has 2 N–H and O–H groups in total. The summed E-state index contributed by atoms with van der Waals surface area (Å²) in [5.74, 6) is 0.612. The van der Waals surface area contributed by atoms with Gasteiger partial charge >= 0.3 is 0 Å². The first-order valence-electron chi connectivity index (χ1n) is 9.71. The highest BCUT2D eigenvalue weighted by Gasteiger charge is 2.13. The fraction of sp³-hybridized carbons (Fsp3) is 0.364. The molecule has 1 amide bonds. The molecule has 1 saturated carbocycles. The van der Waals surface area contributed by atoms with Crippen molar-refractivity contribution in [2.45, 2.75) is 44.8 Å². The number of amides is 1. The summed E-state index contributed by atoms with van der Waals surface area (Å²) in [7, 11) is 0. The molecule has 0 heterocycles. The normalized spacial score (nSPS) is 14.9. The SMILES string of the molecule is O=C(CNC1CCCCC1)N/N=C\c1cccc(OCc2ccc(Cl)cc2)c1. The van der Waals surface area contributed by atoms with Crippen molar-refractivity contribution in [1.82, 2.24) is 10.7 Å². The number of carbonyl (C=O) groups is 1. The highest BCUT2D eigenvalue weighted by molar-refractivity contribution is 6.30. The van der Waals surface area contributed by atoms with Gasteiger partial charge in [0, 0.05) is 11.1 Å². The van der Waals surface area contributed by atoms with Crippen molar-refractivity contribution >= 4 is 23.7 Å². The maximum Gasteiger partial charge on any atom is 0.254 e. The second kappa shape index (κ2) is 10.8. The Labute approximate surface area is 171 Å². The molecule has 0 atom stereocenters. The third-order valence-corrected chi connectivity index (χ3v) is 4.99. The van der Waals surface area contributed by atoms with Crippen LogP contribution in [-0.2, 0) is 11.4 Å². The first kappa shape index (κ1) is 20.4. The number of halogens is 1. The average molecular weight is 400 g/mol. The van der Waals surface area contributed by atoms with E-state index >= 15 is 0 Å². The van der Waals surface area contributed by atoms with Gasteiger partial charge in [-0.15, -0.1) is 0 Å². The third kappa shape index (κ3) is 6.98. The lowest BCUT2D eigenvalue weighted by Crippen LogP contribution is -2.38. The van der Waals surface area contributed by atoms with Gasteiger partial charge in [-0.1, -0.05) is 55.1 Å². The van der Waals surface area contributed by atoms with Crippen LogP contribution in [-0.4, -0.2) is 24.7 Å². The molecule has 3 rings (SSSR count). The average Bonchev–Trinajstić information content (AvgIpc) is 2.73. The van der Waals surface area contributed by atoms with E-state index < -0.39 is 0 Å². The molecule has 5 nitrogen and oxygen atoms in total. The summed E-state index contributed by atoms with van der Waals surface area (Å²) in [5.41, 5.74) is 4.47. The largest absolute Gasteiger partial charge is 0.489 e. The molecule has 0 aliphatic heterocycles. The summed E-state index contributed by atoms with van der Waals surface area (Å²) < 4.78 is 5.80. The van der Waals surface area contributed by atoms with Crippen LogP contribution in [0.25, 0.3) is 0 Å². The van der Waals surface area contributed by atoms with Gasteiger partial charge in [0.1, 0.15) is 12.4 Å². The van der Waals surface area contributed by atoms with Crippen LogP contribution < -0.4 is 15.5 Å². The quantitative estimate of drug-likeness (QED) is 0.514. The molecule has 0 bridgehead atoms.